The van der Waals surface area contributed by atoms with E-state index in [-0.39, 0.29) is 17.1 Å². The topological polar surface area (TPSA) is 65.8 Å². The first-order valence-corrected chi connectivity index (χ1v) is 10.1. The molecule has 3 aromatic rings. The van der Waals surface area contributed by atoms with Crippen molar-refractivity contribution in [2.75, 3.05) is 37.4 Å². The van der Waals surface area contributed by atoms with Gasteiger partial charge in [0.2, 0.25) is 5.78 Å². The molecule has 1 atom stereocenters. The van der Waals surface area contributed by atoms with Gasteiger partial charge in [-0.25, -0.2) is 4.39 Å². The van der Waals surface area contributed by atoms with Crippen molar-refractivity contribution in [2.45, 2.75) is 12.5 Å². The summed E-state index contributed by atoms with van der Waals surface area (Å²) in [5.74, 6) is -1.82. The van der Waals surface area contributed by atoms with Gasteiger partial charge in [-0.15, -0.1) is 0 Å². The van der Waals surface area contributed by atoms with Gasteiger partial charge in [-0.2, -0.15) is 0 Å². The standard InChI is InChI=1S/C24H24FN3O3/c1-27(2)18-13-14-28(15-18)17-9-7-16(8-10-17)26-24(30)22-12-11-21(31-22)23(29)19-5-3-4-6-20(19)25/h3-12,18H,13-15H2,1-2H3,(H,26,30). The number of ketones is 1. The van der Waals surface area contributed by atoms with Crippen LogP contribution in [0.2, 0.25) is 0 Å². The summed E-state index contributed by atoms with van der Waals surface area (Å²) in [5.41, 5.74) is 1.63. The Labute approximate surface area is 180 Å². The molecule has 1 aliphatic rings. The van der Waals surface area contributed by atoms with Gasteiger partial charge in [-0.1, -0.05) is 12.1 Å². The van der Waals surface area contributed by atoms with Crippen LogP contribution in [-0.2, 0) is 0 Å². The van der Waals surface area contributed by atoms with Crippen LogP contribution in [0, 0.1) is 5.82 Å². The second-order valence-electron chi connectivity index (χ2n) is 7.83. The van der Waals surface area contributed by atoms with E-state index in [2.05, 4.69) is 29.2 Å². The van der Waals surface area contributed by atoms with Crippen LogP contribution in [0.4, 0.5) is 15.8 Å². The van der Waals surface area contributed by atoms with Crippen LogP contribution >= 0.6 is 0 Å². The lowest BCUT2D eigenvalue weighted by atomic mass is 10.1. The number of amides is 1. The van der Waals surface area contributed by atoms with Crippen molar-refractivity contribution in [3.8, 4) is 0 Å². The SMILES string of the molecule is CN(C)C1CCN(c2ccc(NC(=O)c3ccc(C(=O)c4ccccc4F)o3)cc2)C1. The fourth-order valence-corrected chi connectivity index (χ4v) is 3.71. The van der Waals surface area contributed by atoms with Crippen molar-refractivity contribution in [3.63, 3.8) is 0 Å². The quantitative estimate of drug-likeness (QED) is 0.609. The van der Waals surface area contributed by atoms with Gasteiger partial charge in [0.1, 0.15) is 5.82 Å². The maximum atomic E-state index is 13.8. The Morgan fingerprint density at radius 2 is 1.74 bits per heavy atom. The van der Waals surface area contributed by atoms with Crippen LogP contribution in [0.1, 0.15) is 33.1 Å². The highest BCUT2D eigenvalue weighted by atomic mass is 19.1. The van der Waals surface area contributed by atoms with Crippen LogP contribution in [0.3, 0.4) is 0 Å². The number of furan rings is 1. The molecule has 1 fully saturated rings. The first kappa shape index (κ1) is 20.8. The fraction of sp³-hybridized carbons (Fsp3) is 0.250. The van der Waals surface area contributed by atoms with Crippen LogP contribution in [0.15, 0.2) is 65.1 Å². The van der Waals surface area contributed by atoms with E-state index in [1.807, 2.05) is 24.3 Å². The van der Waals surface area contributed by atoms with E-state index in [0.717, 1.165) is 25.2 Å². The minimum Gasteiger partial charge on any atom is -0.447 e. The predicted octanol–water partition coefficient (Wildman–Crippen LogP) is 4.04. The number of hydrogen-bond acceptors (Lipinski definition) is 5. The summed E-state index contributed by atoms with van der Waals surface area (Å²) in [7, 11) is 4.19. The zero-order chi connectivity index (χ0) is 22.0. The number of nitrogens with one attached hydrogen (secondary N) is 1. The second-order valence-corrected chi connectivity index (χ2v) is 7.83. The van der Waals surface area contributed by atoms with Crippen LogP contribution in [0.5, 0.6) is 0 Å². The summed E-state index contributed by atoms with van der Waals surface area (Å²) in [6, 6.07) is 16.6. The third-order valence-corrected chi connectivity index (χ3v) is 5.56. The molecule has 2 aromatic carbocycles. The molecule has 1 amide bonds. The smallest absolute Gasteiger partial charge is 0.291 e. The van der Waals surface area contributed by atoms with E-state index in [0.29, 0.717) is 11.7 Å². The zero-order valence-corrected chi connectivity index (χ0v) is 17.5. The van der Waals surface area contributed by atoms with Gasteiger partial charge in [0.15, 0.2) is 11.5 Å². The normalized spacial score (nSPS) is 16.0. The van der Waals surface area contributed by atoms with Crippen molar-refractivity contribution in [3.05, 3.63) is 83.6 Å². The van der Waals surface area contributed by atoms with Crippen molar-refractivity contribution in [1.82, 2.24) is 4.90 Å². The molecule has 0 radical (unpaired) electrons. The van der Waals surface area contributed by atoms with Gasteiger partial charge in [0, 0.05) is 30.5 Å². The molecule has 7 heteroatoms. The van der Waals surface area contributed by atoms with Gasteiger partial charge in [-0.3, -0.25) is 9.59 Å². The van der Waals surface area contributed by atoms with Gasteiger partial charge in [-0.05, 0) is 69.0 Å². The molecule has 160 valence electrons. The maximum Gasteiger partial charge on any atom is 0.291 e. The molecule has 0 bridgehead atoms. The summed E-state index contributed by atoms with van der Waals surface area (Å²) in [6.07, 6.45) is 1.12. The van der Waals surface area contributed by atoms with Crippen LogP contribution in [0.25, 0.3) is 0 Å². The molecule has 0 aliphatic carbocycles. The Balaban J connectivity index is 1.40. The maximum absolute atomic E-state index is 13.8. The molecule has 1 unspecified atom stereocenters. The van der Waals surface area contributed by atoms with Crippen molar-refractivity contribution in [2.24, 2.45) is 0 Å². The molecular formula is C24H24FN3O3. The minimum atomic E-state index is -0.634. The molecule has 4 rings (SSSR count). The van der Waals surface area contributed by atoms with Crippen molar-refractivity contribution >= 4 is 23.1 Å². The van der Waals surface area contributed by atoms with E-state index in [9.17, 15) is 14.0 Å². The van der Waals surface area contributed by atoms with Crippen molar-refractivity contribution < 1.29 is 18.4 Å². The average Bonchev–Trinajstić information content (AvgIpc) is 3.45. The average molecular weight is 421 g/mol. The van der Waals surface area contributed by atoms with Crippen molar-refractivity contribution in [1.29, 1.82) is 0 Å². The summed E-state index contributed by atoms with van der Waals surface area (Å²) in [5, 5.41) is 2.76. The predicted molar refractivity (Wildman–Crippen MR) is 117 cm³/mol. The van der Waals surface area contributed by atoms with E-state index in [1.54, 1.807) is 6.07 Å². The Morgan fingerprint density at radius 1 is 1.03 bits per heavy atom. The van der Waals surface area contributed by atoms with Gasteiger partial charge >= 0.3 is 0 Å². The van der Waals surface area contributed by atoms with Crippen LogP contribution in [-0.4, -0.2) is 49.8 Å². The lowest BCUT2D eigenvalue weighted by Gasteiger charge is -2.22. The molecule has 1 aliphatic heterocycles. The molecule has 6 nitrogen and oxygen atoms in total. The molecule has 1 N–H and O–H groups in total. The van der Waals surface area contributed by atoms with Gasteiger partial charge in [0.05, 0.1) is 5.56 Å². The lowest BCUT2D eigenvalue weighted by molar-refractivity contribution is 0.0978. The van der Waals surface area contributed by atoms with Crippen LogP contribution < -0.4 is 10.2 Å². The first-order chi connectivity index (χ1) is 14.9. The number of hydrogen-bond donors (Lipinski definition) is 1. The second kappa shape index (κ2) is 8.73. The zero-order valence-electron chi connectivity index (χ0n) is 17.5. The Hall–Kier alpha value is -3.45. The molecule has 1 aromatic heterocycles. The third kappa shape index (κ3) is 4.51. The first-order valence-electron chi connectivity index (χ1n) is 10.1. The Morgan fingerprint density at radius 3 is 2.42 bits per heavy atom. The fourth-order valence-electron chi connectivity index (χ4n) is 3.71. The lowest BCUT2D eigenvalue weighted by Crippen LogP contribution is -2.31. The number of rotatable bonds is 6. The summed E-state index contributed by atoms with van der Waals surface area (Å²) < 4.78 is 19.2. The number of anilines is 2. The number of carbonyl (C=O) groups is 2. The molecule has 0 saturated carbocycles. The summed E-state index contributed by atoms with van der Waals surface area (Å²) in [4.78, 5) is 29.5. The molecule has 31 heavy (non-hydrogen) atoms. The van der Waals surface area contributed by atoms with Gasteiger partial charge < -0.3 is 19.5 Å². The number of benzene rings is 2. The third-order valence-electron chi connectivity index (χ3n) is 5.56. The number of halogens is 1. The Bertz CT molecular complexity index is 1090. The Kier molecular flexibility index (Phi) is 5.86. The highest BCUT2D eigenvalue weighted by Gasteiger charge is 2.24. The molecule has 2 heterocycles. The molecule has 0 spiro atoms. The number of nitrogens with zero attached hydrogens (tertiary/aromatic N) is 2. The monoisotopic (exact) mass is 421 g/mol. The summed E-state index contributed by atoms with van der Waals surface area (Å²) in [6.45, 7) is 1.98. The molecule has 1 saturated heterocycles. The van der Waals surface area contributed by atoms with Gasteiger partial charge in [0.25, 0.3) is 5.91 Å². The summed E-state index contributed by atoms with van der Waals surface area (Å²) >= 11 is 0. The van der Waals surface area contributed by atoms with E-state index < -0.39 is 17.5 Å². The van der Waals surface area contributed by atoms with E-state index in [1.165, 1.54) is 30.3 Å². The number of likely N-dealkylation sites (N-methyl/N-ethyl adjacent to an activating group) is 1. The van der Waals surface area contributed by atoms with E-state index in [4.69, 9.17) is 4.42 Å². The largest absolute Gasteiger partial charge is 0.447 e. The molecular weight excluding hydrogens is 397 g/mol. The number of carbonyl (C=O) groups excluding carboxylic acids is 2. The van der Waals surface area contributed by atoms with E-state index >= 15 is 0 Å². The highest BCUT2D eigenvalue weighted by molar-refractivity contribution is 6.08. The highest BCUT2D eigenvalue weighted by Crippen LogP contribution is 2.24. The minimum absolute atomic E-state index is 0.0165.